The second-order valence-corrected chi connectivity index (χ2v) is 6.44. The molecule has 0 amide bonds. The number of rotatable bonds is 6. The molecule has 152 valence electrons. The molecule has 0 saturated carbocycles. The van der Waals surface area contributed by atoms with Gasteiger partial charge in [0, 0.05) is 27.7 Å². The monoisotopic (exact) mass is 405 g/mol. The first-order chi connectivity index (χ1) is 12.5. The molecule has 0 aromatic heterocycles. The lowest BCUT2D eigenvalue weighted by molar-refractivity contribution is -0.269. The van der Waals surface area contributed by atoms with E-state index in [-0.39, 0.29) is 6.61 Å². The molecule has 5 atom stereocenters. The maximum atomic E-state index is 11.6. The predicted molar refractivity (Wildman–Crippen MR) is 93.4 cm³/mol. The van der Waals surface area contributed by atoms with Gasteiger partial charge in [-0.3, -0.25) is 19.2 Å². The Balaban J connectivity index is 3.29. The van der Waals surface area contributed by atoms with E-state index in [0.717, 1.165) is 0 Å². The summed E-state index contributed by atoms with van der Waals surface area (Å²) in [6.07, 6.45) is -4.54. The number of nitrogens with one attached hydrogen (secondary N) is 1. The van der Waals surface area contributed by atoms with Crippen molar-refractivity contribution in [3.8, 4) is 0 Å². The topological polar surface area (TPSA) is 126 Å². The van der Waals surface area contributed by atoms with E-state index in [2.05, 4.69) is 5.32 Å². The third kappa shape index (κ3) is 7.47. The van der Waals surface area contributed by atoms with Gasteiger partial charge in [-0.2, -0.15) is 0 Å². The summed E-state index contributed by atoms with van der Waals surface area (Å²) >= 11 is 5.03. The van der Waals surface area contributed by atoms with E-state index >= 15 is 0 Å². The smallest absolute Gasteiger partial charge is 0.305 e. The van der Waals surface area contributed by atoms with Gasteiger partial charge in [0.25, 0.3) is 0 Å². The average Bonchev–Trinajstić information content (AvgIpc) is 2.49. The molecule has 0 aromatic carbocycles. The Morgan fingerprint density at radius 1 is 0.852 bits per heavy atom. The minimum atomic E-state index is -1.24. The number of carbonyl (C=O) groups excluding carboxylic acids is 4. The van der Waals surface area contributed by atoms with E-state index in [1.165, 1.54) is 27.7 Å². The minimum Gasteiger partial charge on any atom is -0.463 e. The molecule has 1 heterocycles. The van der Waals surface area contributed by atoms with E-state index in [1.54, 1.807) is 6.92 Å². The van der Waals surface area contributed by atoms with Crippen LogP contribution in [0.25, 0.3) is 0 Å². The number of esters is 4. The van der Waals surface area contributed by atoms with Crippen molar-refractivity contribution in [2.75, 3.05) is 6.61 Å². The number of thiocarbonyl (C=S) groups is 1. The summed E-state index contributed by atoms with van der Waals surface area (Å²) in [4.78, 5) is 46.1. The summed E-state index contributed by atoms with van der Waals surface area (Å²) in [5.41, 5.74) is 0. The summed E-state index contributed by atoms with van der Waals surface area (Å²) < 4.78 is 26.3. The van der Waals surface area contributed by atoms with Gasteiger partial charge in [-0.1, -0.05) is 12.2 Å². The standard InChI is InChI=1S/C16H23NO9S/c1-7(27)17-13-15(24-10(4)20)14(23-9(3)19)12(6-22-8(2)18)26-16(13)25-11(5)21/h12-16H,6H2,1-5H3,(H,17,27)/t12-,13-,14+,15-,16+/m1/s1. The van der Waals surface area contributed by atoms with Gasteiger partial charge in [-0.05, 0) is 6.92 Å². The highest BCUT2D eigenvalue weighted by atomic mass is 32.1. The van der Waals surface area contributed by atoms with Gasteiger partial charge >= 0.3 is 23.9 Å². The predicted octanol–water partition coefficient (Wildman–Crippen LogP) is 0.00640. The SMILES string of the molecule is CC(=O)OC[C@H]1O[C@H](OC(C)=O)[C@H](NC(C)=S)[C@@H](OC(C)=O)[C@H]1OC(C)=O. The molecule has 27 heavy (non-hydrogen) atoms. The van der Waals surface area contributed by atoms with Crippen LogP contribution in [-0.4, -0.2) is 66.1 Å². The van der Waals surface area contributed by atoms with Crippen molar-refractivity contribution in [2.24, 2.45) is 0 Å². The lowest BCUT2D eigenvalue weighted by atomic mass is 9.96. The largest absolute Gasteiger partial charge is 0.463 e. The summed E-state index contributed by atoms with van der Waals surface area (Å²) in [6.45, 7) is 5.95. The Hall–Kier alpha value is -2.27. The summed E-state index contributed by atoms with van der Waals surface area (Å²) in [6, 6.07) is -0.951. The molecule has 11 heteroatoms. The van der Waals surface area contributed by atoms with Crippen molar-refractivity contribution in [1.29, 1.82) is 0 Å². The Bertz CT molecular complexity index is 609. The number of hydrogen-bond donors (Lipinski definition) is 1. The van der Waals surface area contributed by atoms with Crippen LogP contribution in [0.5, 0.6) is 0 Å². The van der Waals surface area contributed by atoms with Gasteiger partial charge in [0.2, 0.25) is 6.29 Å². The van der Waals surface area contributed by atoms with Crippen LogP contribution in [0, 0.1) is 0 Å². The van der Waals surface area contributed by atoms with Crippen LogP contribution in [-0.2, 0) is 42.9 Å². The van der Waals surface area contributed by atoms with Crippen LogP contribution in [0.2, 0.25) is 0 Å². The van der Waals surface area contributed by atoms with E-state index in [1.807, 2.05) is 0 Å². The fourth-order valence-corrected chi connectivity index (χ4v) is 2.69. The fourth-order valence-electron chi connectivity index (χ4n) is 2.55. The first-order valence-electron chi connectivity index (χ1n) is 8.08. The van der Waals surface area contributed by atoms with Crippen LogP contribution in [0.1, 0.15) is 34.6 Å². The zero-order valence-electron chi connectivity index (χ0n) is 15.7. The van der Waals surface area contributed by atoms with Crippen LogP contribution >= 0.6 is 12.2 Å². The van der Waals surface area contributed by atoms with Crippen LogP contribution < -0.4 is 5.32 Å². The van der Waals surface area contributed by atoms with Crippen molar-refractivity contribution in [2.45, 2.75) is 65.3 Å². The van der Waals surface area contributed by atoms with Crippen molar-refractivity contribution < 1.29 is 42.9 Å². The zero-order valence-corrected chi connectivity index (χ0v) is 16.5. The second kappa shape index (κ2) is 10.2. The van der Waals surface area contributed by atoms with Crippen molar-refractivity contribution in [1.82, 2.24) is 5.32 Å². The van der Waals surface area contributed by atoms with Gasteiger partial charge < -0.3 is 29.0 Å². The molecule has 1 N–H and O–H groups in total. The van der Waals surface area contributed by atoms with E-state index in [0.29, 0.717) is 4.99 Å². The average molecular weight is 405 g/mol. The zero-order chi connectivity index (χ0) is 20.7. The molecular weight excluding hydrogens is 382 g/mol. The highest BCUT2D eigenvalue weighted by molar-refractivity contribution is 7.80. The van der Waals surface area contributed by atoms with Gasteiger partial charge in [0.15, 0.2) is 12.2 Å². The van der Waals surface area contributed by atoms with Gasteiger partial charge in [-0.15, -0.1) is 0 Å². The van der Waals surface area contributed by atoms with E-state index < -0.39 is 54.5 Å². The van der Waals surface area contributed by atoms with Gasteiger partial charge in [-0.25, -0.2) is 0 Å². The molecule has 0 bridgehead atoms. The third-order valence-corrected chi connectivity index (χ3v) is 3.47. The Morgan fingerprint density at radius 3 is 1.81 bits per heavy atom. The Kier molecular flexibility index (Phi) is 8.57. The molecule has 1 saturated heterocycles. The maximum absolute atomic E-state index is 11.6. The maximum Gasteiger partial charge on any atom is 0.305 e. The highest BCUT2D eigenvalue weighted by Crippen LogP contribution is 2.28. The van der Waals surface area contributed by atoms with Crippen LogP contribution in [0.4, 0.5) is 0 Å². The second-order valence-electron chi connectivity index (χ2n) is 5.83. The molecule has 1 aliphatic heterocycles. The molecule has 0 spiro atoms. The van der Waals surface area contributed by atoms with Crippen molar-refractivity contribution in [3.05, 3.63) is 0 Å². The summed E-state index contributed by atoms with van der Waals surface area (Å²) in [5, 5.41) is 2.83. The first kappa shape index (κ1) is 22.8. The van der Waals surface area contributed by atoms with Gasteiger partial charge in [0.05, 0.1) is 4.99 Å². The normalized spacial score (nSPS) is 27.1. The Morgan fingerprint density at radius 2 is 1.37 bits per heavy atom. The molecule has 0 aliphatic carbocycles. The summed E-state index contributed by atoms with van der Waals surface area (Å²) in [5.74, 6) is -2.59. The van der Waals surface area contributed by atoms with Gasteiger partial charge in [0.1, 0.15) is 18.8 Å². The molecule has 0 aromatic rings. The van der Waals surface area contributed by atoms with E-state index in [4.69, 9.17) is 35.9 Å². The number of hydrogen-bond acceptors (Lipinski definition) is 10. The highest BCUT2D eigenvalue weighted by Gasteiger charge is 2.51. The van der Waals surface area contributed by atoms with Crippen LogP contribution in [0.3, 0.4) is 0 Å². The van der Waals surface area contributed by atoms with Crippen molar-refractivity contribution >= 4 is 41.1 Å². The summed E-state index contributed by atoms with van der Waals surface area (Å²) in [7, 11) is 0. The number of ether oxygens (including phenoxy) is 5. The fraction of sp³-hybridized carbons (Fsp3) is 0.688. The lowest BCUT2D eigenvalue weighted by Gasteiger charge is -2.44. The lowest BCUT2D eigenvalue weighted by Crippen LogP contribution is -2.66. The van der Waals surface area contributed by atoms with Crippen molar-refractivity contribution in [3.63, 3.8) is 0 Å². The third-order valence-electron chi connectivity index (χ3n) is 3.35. The van der Waals surface area contributed by atoms with E-state index in [9.17, 15) is 19.2 Å². The molecule has 1 fully saturated rings. The van der Waals surface area contributed by atoms with Crippen LogP contribution in [0.15, 0.2) is 0 Å². The molecule has 0 unspecified atom stereocenters. The molecule has 0 radical (unpaired) electrons. The molecule has 1 aliphatic rings. The Labute approximate surface area is 161 Å². The minimum absolute atomic E-state index is 0.304. The molecule has 1 rings (SSSR count). The molecule has 10 nitrogen and oxygen atoms in total. The first-order valence-corrected chi connectivity index (χ1v) is 8.49. The molecular formula is C16H23NO9S. The quantitative estimate of drug-likeness (QED) is 0.365. The number of carbonyl (C=O) groups is 4.